The Labute approximate surface area is 862 Å². The molecule has 21 N–H and O–H groups in total. The molecule has 0 saturated carbocycles. The molecule has 147 heavy (non-hydrogen) atoms. The summed E-state index contributed by atoms with van der Waals surface area (Å²) in [6.45, 7) is -29.8. The van der Waals surface area contributed by atoms with Gasteiger partial charge in [0, 0.05) is 80.9 Å². The standard InChI is InChI=1S/C72H95N28O33P7S7/c1-6-33-34(7-49(120-33)97-26-87-52-60(75)79-22-83-64(52)97)128-135(107,142)114-19-44-39(12-51(125-44)99-28-89-54-62(77)81-24-85-66(54)99)132-139(111,146)119-21-45-57(56(101)69(126-45)100-29-90-55-63(78)82-25-86-67(55)100)133-140(112,147)118-20-43-37(9-47(122-43)95-14-31(3)59(74)92-71(95)104)130-137(109,144)117-18-42-38(10-48(123-42)96-15-32(4)68(102)93-72(96)105)131-138(110,145)116-17-41-36(8-46(121-41)94-13-30(2)58(73)91-70(94)103)129-136(108,143)115-16-40-35(127-134(106,141)113-5)11-50(124-40)98-27-88-53-61(76)80-23-84-65(53)98/h13-15,22-29,33-51,56-57,69,101H,6-12,16-21H2,1-5H3,(H,106,141)(H,107,142)(H,108,143)(H,109,144)(H,110,145)(H,111,146)(H,112,147)(H2,73,91,103)(H2,74,92,104)(H2,75,79,83)(H2,76,80,84)(H2,77,81,85)(H2,78,82,86)(H,93,102,105)/t33-,34?,35?,36?,37?,38?,39?,40-,41-,42-,43-,44-,45-,46-,47-,48-,49-,50-,51-,56+,57?,69-,134?,135?,136?,137?,138?,139?,140?/m1/s1. The molecule has 0 aromatic carbocycles. The van der Waals surface area contributed by atoms with E-state index in [0.29, 0.717) is 28.7 Å². The lowest BCUT2D eigenvalue weighted by Crippen LogP contribution is -2.36. The van der Waals surface area contributed by atoms with Gasteiger partial charge < -0.3 is 166 Å². The summed E-state index contributed by atoms with van der Waals surface area (Å²) < 4.78 is 138. The molecule has 14 unspecified atom stereocenters. The van der Waals surface area contributed by atoms with Crippen molar-refractivity contribution in [2.45, 2.75) is 208 Å². The van der Waals surface area contributed by atoms with Crippen LogP contribution in [0.2, 0.25) is 0 Å². The molecular weight excluding hydrogens is 2230 g/mol. The third-order valence-corrected chi connectivity index (χ3v) is 35.7. The van der Waals surface area contributed by atoms with E-state index in [1.165, 1.54) is 83.5 Å². The second kappa shape index (κ2) is 44.0. The molecule has 0 radical (unpaired) electrons. The third kappa shape index (κ3) is 24.6. The Kier molecular flexibility index (Phi) is 32.8. The number of aromatic nitrogens is 22. The number of nitrogens with two attached hydrogens (primary N) is 6. The van der Waals surface area contributed by atoms with Crippen molar-refractivity contribution in [1.82, 2.24) is 107 Å². The molecule has 7 fully saturated rings. The molecule has 798 valence electrons. The molecule has 0 spiro atoms. The fraction of sp³-hybridized carbons (Fsp3) is 0.556. The quantitative estimate of drug-likeness (QED) is 0.0239. The minimum absolute atomic E-state index is 0.0198. The zero-order valence-corrected chi connectivity index (χ0v) is 88.8. The lowest BCUT2D eigenvalue weighted by atomic mass is 10.1. The number of aliphatic hydroxyl groups is 1. The molecule has 18 rings (SSSR count). The van der Waals surface area contributed by atoms with Crippen LogP contribution < -0.4 is 57.0 Å². The van der Waals surface area contributed by atoms with Crippen molar-refractivity contribution in [3.8, 4) is 0 Å². The van der Waals surface area contributed by atoms with Crippen LogP contribution in [-0.4, -0.2) is 284 Å². The highest BCUT2D eigenvalue weighted by Crippen LogP contribution is 2.59. The number of aliphatic hydroxyl groups excluding tert-OH is 1. The molecule has 7 aliphatic heterocycles. The van der Waals surface area contributed by atoms with Gasteiger partial charge in [-0.1, -0.05) is 6.92 Å². The van der Waals surface area contributed by atoms with Gasteiger partial charge in [0.1, 0.15) is 145 Å². The average molecular weight is 2320 g/mol. The first-order valence-corrected chi connectivity index (χ1v) is 62.2. The number of H-pyrrole nitrogens is 1. The Morgan fingerprint density at radius 1 is 0.354 bits per heavy atom. The minimum atomic E-state index is -4.88. The van der Waals surface area contributed by atoms with Crippen LogP contribution in [0, 0.1) is 20.8 Å². The van der Waals surface area contributed by atoms with Crippen LogP contribution in [0.4, 0.5) is 34.9 Å². The lowest BCUT2D eigenvalue weighted by Gasteiger charge is -2.29. The smallest absolute Gasteiger partial charge is 0.351 e. The van der Waals surface area contributed by atoms with Crippen molar-refractivity contribution in [3.05, 3.63) is 128 Å². The molecule has 11 aromatic rings. The van der Waals surface area contributed by atoms with Crippen LogP contribution in [0.25, 0.3) is 44.7 Å². The lowest BCUT2D eigenvalue weighted by molar-refractivity contribution is -0.0578. The van der Waals surface area contributed by atoms with E-state index in [1.54, 1.807) is 18.4 Å². The van der Waals surface area contributed by atoms with E-state index in [0.717, 1.165) is 27.1 Å². The van der Waals surface area contributed by atoms with Gasteiger partial charge in [0.25, 0.3) is 5.56 Å². The van der Waals surface area contributed by atoms with Gasteiger partial charge in [-0.2, -0.15) is 9.97 Å². The second-order valence-corrected chi connectivity index (χ2v) is 53.8. The maximum Gasteiger partial charge on any atom is 0.351 e. The number of nitrogens with one attached hydrogen (secondary N) is 1. The first-order valence-electron chi connectivity index (χ1n) is 44.1. The fourth-order valence-electron chi connectivity index (χ4n) is 17.3. The van der Waals surface area contributed by atoms with Crippen LogP contribution in [0.15, 0.2) is 88.4 Å². The summed E-state index contributed by atoms with van der Waals surface area (Å²) in [5.74, 6) is -0.0363. The summed E-state index contributed by atoms with van der Waals surface area (Å²) in [6.07, 6.45) is -15.4. The minimum Gasteiger partial charge on any atom is -0.386 e. The summed E-state index contributed by atoms with van der Waals surface area (Å²) in [4.78, 5) is 198. The van der Waals surface area contributed by atoms with Crippen LogP contribution in [-0.2, 0) is 179 Å². The Morgan fingerprint density at radius 2 is 0.626 bits per heavy atom. The van der Waals surface area contributed by atoms with Gasteiger partial charge in [0.05, 0.1) is 108 Å². The van der Waals surface area contributed by atoms with Gasteiger partial charge in [-0.15, -0.1) is 0 Å². The van der Waals surface area contributed by atoms with Crippen LogP contribution >= 0.6 is 47.0 Å². The molecule has 0 bridgehead atoms. The normalized spacial score (nSPS) is 29.9. The number of ether oxygens (including phenoxy) is 7. The molecule has 29 atom stereocenters. The molecule has 7 aliphatic rings. The molecule has 0 amide bonds. The molecule has 61 nitrogen and oxygen atoms in total. The zero-order valence-electron chi connectivity index (χ0n) is 76.9. The first-order chi connectivity index (χ1) is 69.5. The number of rotatable bonds is 41. The summed E-state index contributed by atoms with van der Waals surface area (Å²) in [5, 5.41) is 12.5. The number of hydrogen-bond acceptors (Lipinski definition) is 53. The summed E-state index contributed by atoms with van der Waals surface area (Å²) in [7, 11) is 1.14. The maximum absolute atomic E-state index is 13.7. The van der Waals surface area contributed by atoms with Crippen molar-refractivity contribution in [2.24, 2.45) is 0 Å². The van der Waals surface area contributed by atoms with Gasteiger partial charge in [-0.05, 0) is 110 Å². The summed E-state index contributed by atoms with van der Waals surface area (Å²) in [6, 6.07) is 0. The average Bonchev–Trinajstić information content (AvgIpc) is 1.60. The zero-order chi connectivity index (χ0) is 105. The molecular formula is C72H95N28O33P7S7. The van der Waals surface area contributed by atoms with Gasteiger partial charge in [0.15, 0.2) is 52.1 Å². The number of aryl methyl sites for hydroxylation is 3. The van der Waals surface area contributed by atoms with E-state index < -0.39 is 257 Å². The van der Waals surface area contributed by atoms with Gasteiger partial charge in [0.2, 0.25) is 0 Å². The Morgan fingerprint density at radius 3 is 0.952 bits per heavy atom. The SMILES string of the molecule is CC[C@H]1O[C@@H](n2cnc3c(N)ncnc32)CC1OP(O)(=S)OC[C@H]1O[C@@H](n2cnc3c(N)ncnc32)CC1OP(O)(=S)OC[C@H]1O[C@@H](n2cnc3c(N)ncnc32)[C@@H](O)C1OP(O)(=S)OC[C@H]1O[C@@H](n2cc(C)c(N)nc2=O)CC1OP(O)(=S)OC[C@H]1O[C@@H](n2cc(C)c(=O)[nH]c2=O)CC1OP(O)(=S)OC[C@H]1O[C@@H](n2cc(C)c(N)nc2=O)CC1OP(O)(=S)OC[C@H]1O[C@@H](n2cnc3c(N)ncnc32)CC1OP(O)(=S)OC. The van der Waals surface area contributed by atoms with E-state index >= 15 is 0 Å². The largest absolute Gasteiger partial charge is 0.386 e. The van der Waals surface area contributed by atoms with E-state index in [1.807, 2.05) is 6.92 Å². The number of aromatic amines is 1. The molecule has 0 aliphatic carbocycles. The Bertz CT molecular complexity index is 7440. The number of hydrogen-bond donors (Lipinski definition) is 15. The maximum atomic E-state index is 13.7. The van der Waals surface area contributed by atoms with Crippen molar-refractivity contribution in [2.75, 3.05) is 81.2 Å². The van der Waals surface area contributed by atoms with Crippen molar-refractivity contribution in [1.29, 1.82) is 0 Å². The predicted octanol–water partition coefficient (Wildman–Crippen LogP) is 1.18. The number of anilines is 6. The monoisotopic (exact) mass is 2320 g/mol. The van der Waals surface area contributed by atoms with Gasteiger partial charge >= 0.3 is 64.1 Å². The van der Waals surface area contributed by atoms with E-state index in [4.69, 9.17) is 214 Å². The van der Waals surface area contributed by atoms with Crippen LogP contribution in [0.1, 0.15) is 112 Å². The summed E-state index contributed by atoms with van der Waals surface area (Å²) in [5.41, 5.74) is 35.5. The van der Waals surface area contributed by atoms with E-state index in [-0.39, 0.29) is 99.6 Å². The highest BCUT2D eigenvalue weighted by molar-refractivity contribution is 8.09. The van der Waals surface area contributed by atoms with E-state index in [2.05, 4.69) is 74.8 Å². The Balaban J connectivity index is 0.559. The Hall–Kier alpha value is -7.17. The highest BCUT2D eigenvalue weighted by Gasteiger charge is 2.54. The van der Waals surface area contributed by atoms with Crippen molar-refractivity contribution < 1.29 is 136 Å². The predicted molar refractivity (Wildman–Crippen MR) is 534 cm³/mol. The third-order valence-electron chi connectivity index (χ3n) is 24.5. The highest BCUT2D eigenvalue weighted by atomic mass is 32.5. The molecule has 11 aromatic heterocycles. The van der Waals surface area contributed by atoms with Crippen molar-refractivity contribution >= 4 is 209 Å². The van der Waals surface area contributed by atoms with Crippen LogP contribution in [0.3, 0.4) is 0 Å². The second-order valence-electron chi connectivity index (χ2n) is 34.1. The summed E-state index contributed by atoms with van der Waals surface area (Å²) >= 11 is 39.2. The first kappa shape index (κ1) is 110. The number of imidazole rings is 4. The van der Waals surface area contributed by atoms with Crippen LogP contribution in [0.5, 0.6) is 0 Å². The fourth-order valence-corrected chi connectivity index (χ4v) is 27.1. The molecule has 75 heteroatoms. The van der Waals surface area contributed by atoms with Gasteiger partial charge in [-0.3, -0.25) is 46.3 Å². The molecule has 18 heterocycles. The molecule has 7 saturated heterocycles. The number of nitrogens with zero attached hydrogens (tertiary/aromatic N) is 21. The topological polar surface area (TPSA) is 811 Å². The van der Waals surface area contributed by atoms with E-state index in [9.17, 15) is 58.5 Å². The number of nitrogen functional groups attached to an aromatic ring is 6. The number of fused-ring (bicyclic) bond motifs is 4. The van der Waals surface area contributed by atoms with Crippen molar-refractivity contribution in [3.63, 3.8) is 0 Å². The van der Waals surface area contributed by atoms with Gasteiger partial charge in [-0.25, -0.2) is 74.2 Å².